The van der Waals surface area contributed by atoms with Crippen molar-refractivity contribution >= 4 is 12.4 Å². The number of halogens is 4. The van der Waals surface area contributed by atoms with E-state index in [1.165, 1.54) is 0 Å². The molecular formula is C13H16BF4KO. The largest absolute Gasteiger partial charge is 1.00 e. The van der Waals surface area contributed by atoms with Crippen LogP contribution in [0.15, 0.2) is 30.9 Å². The molecule has 0 N–H and O–H groups in total. The predicted octanol–water partition coefficient (Wildman–Crippen LogP) is 1.01. The first kappa shape index (κ1) is 20.2. The fourth-order valence-electron chi connectivity index (χ4n) is 1.58. The Kier molecular flexibility index (Phi) is 10.1. The SMILES string of the molecule is C=CCCCCCOc1cc([B-](F)(F)F)ccc1F.[K+]. The number of hydrogen-bond acceptors (Lipinski definition) is 1. The monoisotopic (exact) mass is 314 g/mol. The Labute approximate surface area is 159 Å². The van der Waals surface area contributed by atoms with Crippen LogP contribution in [-0.4, -0.2) is 13.6 Å². The van der Waals surface area contributed by atoms with Gasteiger partial charge in [-0.15, -0.1) is 12.0 Å². The van der Waals surface area contributed by atoms with Crippen molar-refractivity contribution in [3.05, 3.63) is 36.7 Å². The van der Waals surface area contributed by atoms with Crippen LogP contribution >= 0.6 is 0 Å². The fourth-order valence-corrected chi connectivity index (χ4v) is 1.58. The minimum atomic E-state index is -5.13. The fraction of sp³-hybridized carbons (Fsp3) is 0.385. The minimum Gasteiger partial charge on any atom is -0.491 e. The predicted molar refractivity (Wildman–Crippen MR) is 69.3 cm³/mol. The maximum Gasteiger partial charge on any atom is 1.00 e. The number of rotatable bonds is 8. The molecular weight excluding hydrogens is 298 g/mol. The zero-order valence-corrected chi connectivity index (χ0v) is 14.7. The first-order chi connectivity index (χ1) is 8.95. The van der Waals surface area contributed by atoms with Gasteiger partial charge in [0.15, 0.2) is 11.6 Å². The van der Waals surface area contributed by atoms with Crippen LogP contribution in [0.4, 0.5) is 17.3 Å². The number of hydrogen-bond donors (Lipinski definition) is 0. The second-order valence-corrected chi connectivity index (χ2v) is 4.25. The van der Waals surface area contributed by atoms with E-state index in [0.717, 1.165) is 37.5 Å². The van der Waals surface area contributed by atoms with Gasteiger partial charge in [0.2, 0.25) is 0 Å². The van der Waals surface area contributed by atoms with Crippen LogP contribution in [0.2, 0.25) is 0 Å². The van der Waals surface area contributed by atoms with E-state index in [-0.39, 0.29) is 63.7 Å². The van der Waals surface area contributed by atoms with Crippen molar-refractivity contribution < 1.29 is 73.5 Å². The Hall–Kier alpha value is 0.181. The minimum absolute atomic E-state index is 0. The maximum absolute atomic E-state index is 13.3. The molecule has 1 rings (SSSR count). The summed E-state index contributed by atoms with van der Waals surface area (Å²) in [6.45, 7) is -1.33. The topological polar surface area (TPSA) is 9.23 Å². The third-order valence-electron chi connectivity index (χ3n) is 2.64. The number of unbranched alkanes of at least 4 members (excludes halogenated alkanes) is 3. The number of benzene rings is 1. The molecule has 0 bridgehead atoms. The molecule has 0 heterocycles. The first-order valence-corrected chi connectivity index (χ1v) is 6.18. The van der Waals surface area contributed by atoms with Crippen molar-refractivity contribution in [3.63, 3.8) is 0 Å². The second-order valence-electron chi connectivity index (χ2n) is 4.25. The molecule has 0 unspecified atom stereocenters. The Bertz CT molecular complexity index is 423. The van der Waals surface area contributed by atoms with Crippen LogP contribution in [0.5, 0.6) is 5.75 Å². The summed E-state index contributed by atoms with van der Waals surface area (Å²) in [6.07, 6.45) is 5.18. The van der Waals surface area contributed by atoms with Crippen molar-refractivity contribution in [3.8, 4) is 5.75 Å². The molecule has 1 aromatic carbocycles. The van der Waals surface area contributed by atoms with Crippen molar-refractivity contribution in [2.75, 3.05) is 6.61 Å². The normalized spacial score (nSPS) is 10.8. The van der Waals surface area contributed by atoms with E-state index in [0.29, 0.717) is 6.42 Å². The maximum atomic E-state index is 13.3. The molecule has 0 atom stereocenters. The van der Waals surface area contributed by atoms with Gasteiger partial charge in [-0.05, 0) is 37.8 Å². The molecule has 0 aliphatic heterocycles. The summed E-state index contributed by atoms with van der Waals surface area (Å²) in [7, 11) is 0. The van der Waals surface area contributed by atoms with Crippen molar-refractivity contribution in [2.45, 2.75) is 25.7 Å². The van der Waals surface area contributed by atoms with Gasteiger partial charge in [0.25, 0.3) is 0 Å². The Morgan fingerprint density at radius 1 is 1.15 bits per heavy atom. The average molecular weight is 314 g/mol. The van der Waals surface area contributed by atoms with Crippen LogP contribution in [0.3, 0.4) is 0 Å². The summed E-state index contributed by atoms with van der Waals surface area (Å²) in [5.41, 5.74) is -0.844. The molecule has 0 aliphatic rings. The van der Waals surface area contributed by atoms with Gasteiger partial charge in [0.05, 0.1) is 6.61 Å². The summed E-state index contributed by atoms with van der Waals surface area (Å²) in [4.78, 5) is 0. The van der Waals surface area contributed by atoms with E-state index in [1.807, 2.05) is 0 Å². The standard InChI is InChI=1S/C13H16BF4O.K/c1-2-3-4-5-6-9-19-13-10-11(14(16,17)18)7-8-12(13)15;/h2,7-8,10H,1,3-6,9H2;/q-1;+1. The molecule has 1 nitrogen and oxygen atoms in total. The van der Waals surface area contributed by atoms with Crippen LogP contribution in [0, 0.1) is 5.82 Å². The van der Waals surface area contributed by atoms with E-state index < -0.39 is 18.3 Å². The van der Waals surface area contributed by atoms with E-state index in [9.17, 15) is 17.3 Å². The first-order valence-electron chi connectivity index (χ1n) is 6.18. The molecule has 0 aliphatic carbocycles. The molecule has 0 saturated carbocycles. The molecule has 0 spiro atoms. The zero-order chi connectivity index (χ0) is 14.3. The van der Waals surface area contributed by atoms with Gasteiger partial charge in [0.1, 0.15) is 0 Å². The molecule has 0 fully saturated rings. The quantitative estimate of drug-likeness (QED) is 0.301. The van der Waals surface area contributed by atoms with Gasteiger partial charge in [0, 0.05) is 0 Å². The van der Waals surface area contributed by atoms with Gasteiger partial charge >= 0.3 is 58.4 Å². The van der Waals surface area contributed by atoms with Crippen LogP contribution in [0.1, 0.15) is 25.7 Å². The van der Waals surface area contributed by atoms with Gasteiger partial charge in [-0.3, -0.25) is 0 Å². The van der Waals surface area contributed by atoms with Gasteiger partial charge < -0.3 is 17.7 Å². The Morgan fingerprint density at radius 3 is 2.45 bits per heavy atom. The molecule has 0 radical (unpaired) electrons. The average Bonchev–Trinajstić information content (AvgIpc) is 2.34. The smallest absolute Gasteiger partial charge is 0.491 e. The third-order valence-corrected chi connectivity index (χ3v) is 2.64. The number of ether oxygens (including phenoxy) is 1. The molecule has 106 valence electrons. The second kappa shape index (κ2) is 10.00. The summed E-state index contributed by atoms with van der Waals surface area (Å²) >= 11 is 0. The molecule has 7 heteroatoms. The van der Waals surface area contributed by atoms with E-state index >= 15 is 0 Å². The summed E-state index contributed by atoms with van der Waals surface area (Å²) in [5.74, 6) is -1.10. The molecule has 20 heavy (non-hydrogen) atoms. The molecule has 1 aromatic rings. The van der Waals surface area contributed by atoms with Crippen LogP contribution in [-0.2, 0) is 0 Å². The number of allylic oxidation sites excluding steroid dienone is 1. The summed E-state index contributed by atoms with van der Waals surface area (Å²) < 4.78 is 55.9. The van der Waals surface area contributed by atoms with Crippen molar-refractivity contribution in [1.82, 2.24) is 0 Å². The Morgan fingerprint density at radius 2 is 1.85 bits per heavy atom. The summed E-state index contributed by atoms with van der Waals surface area (Å²) in [5, 5.41) is 0. The molecule has 0 aromatic heterocycles. The molecule has 0 amide bonds. The van der Waals surface area contributed by atoms with E-state index in [2.05, 4.69) is 6.58 Å². The van der Waals surface area contributed by atoms with Gasteiger partial charge in [-0.1, -0.05) is 12.1 Å². The van der Waals surface area contributed by atoms with E-state index in [4.69, 9.17) is 4.74 Å². The van der Waals surface area contributed by atoms with Crippen molar-refractivity contribution in [2.24, 2.45) is 0 Å². The van der Waals surface area contributed by atoms with Crippen molar-refractivity contribution in [1.29, 1.82) is 0 Å². The van der Waals surface area contributed by atoms with E-state index in [1.54, 1.807) is 6.08 Å². The third kappa shape index (κ3) is 7.26. The zero-order valence-electron chi connectivity index (χ0n) is 11.5. The van der Waals surface area contributed by atoms with Gasteiger partial charge in [-0.2, -0.15) is 0 Å². The summed E-state index contributed by atoms with van der Waals surface area (Å²) in [6, 6.07) is 2.24. The van der Waals surface area contributed by atoms with Gasteiger partial charge in [-0.25, -0.2) is 4.39 Å². The van der Waals surface area contributed by atoms with Crippen LogP contribution in [0.25, 0.3) is 0 Å². The molecule has 0 saturated heterocycles. The van der Waals surface area contributed by atoms with Crippen LogP contribution < -0.4 is 61.6 Å². The Balaban J connectivity index is 0.00000361.